The molecule has 123 valence electrons. The topological polar surface area (TPSA) is 69.2 Å². The Hall–Kier alpha value is -0.0556. The van der Waals surface area contributed by atoms with E-state index in [0.717, 1.165) is 6.42 Å². The van der Waals surface area contributed by atoms with Crippen LogP contribution in [0.4, 0.5) is 0 Å². The third-order valence-electron chi connectivity index (χ3n) is 0.752. The molecule has 1 aliphatic carbocycles. The van der Waals surface area contributed by atoms with Crippen molar-refractivity contribution in [1.29, 1.82) is 0 Å². The maximum absolute atomic E-state index is 10.1. The summed E-state index contributed by atoms with van der Waals surface area (Å²) in [4.78, 5) is 0. The summed E-state index contributed by atoms with van der Waals surface area (Å²) in [7, 11) is 0. The molecule has 3 nitrogen and oxygen atoms in total. The molecule has 0 aromatic rings. The minimum absolute atomic E-state index is 0.750. The zero-order chi connectivity index (χ0) is 17.9. The van der Waals surface area contributed by atoms with Crippen molar-refractivity contribution in [3.05, 3.63) is 22.5 Å². The monoisotopic (exact) mass is 335 g/mol. The van der Waals surface area contributed by atoms with Crippen LogP contribution in [-0.2, 0) is 17.4 Å². The van der Waals surface area contributed by atoms with E-state index in [0.29, 0.717) is 0 Å². The van der Waals surface area contributed by atoms with Gasteiger partial charge in [0.15, 0.2) is 0 Å². The minimum atomic E-state index is -0.750. The van der Waals surface area contributed by atoms with E-state index >= 15 is 0 Å². The van der Waals surface area contributed by atoms with Crippen LogP contribution >= 0.6 is 0 Å². The van der Waals surface area contributed by atoms with E-state index in [4.69, 9.17) is 0 Å². The average molecular weight is 335 g/mol. The van der Waals surface area contributed by atoms with Gasteiger partial charge in [0.1, 0.15) is 0 Å². The quantitative estimate of drug-likeness (QED) is 0.678. The van der Waals surface area contributed by atoms with Crippen LogP contribution in [0.1, 0.15) is 68.7 Å². The molecule has 0 spiro atoms. The van der Waals surface area contributed by atoms with Gasteiger partial charge in [-0.25, -0.2) is 0 Å². The predicted molar refractivity (Wildman–Crippen MR) is 81.1 cm³/mol. The van der Waals surface area contributed by atoms with E-state index in [1.807, 2.05) is 0 Å². The molecule has 0 heterocycles. The Morgan fingerprint density at radius 1 is 0.762 bits per heavy atom. The zero-order valence-corrected chi connectivity index (χ0v) is 16.5. The Bertz CT molecular complexity index is 253. The summed E-state index contributed by atoms with van der Waals surface area (Å²) >= 11 is 2.54. The fraction of sp³-hybridized carbons (Fsp3) is 0.765. The van der Waals surface area contributed by atoms with Crippen LogP contribution in [0.25, 0.3) is 0 Å². The normalized spacial score (nSPS) is 13.9. The summed E-state index contributed by atoms with van der Waals surface area (Å²) in [6.07, 6.45) is 7.47. The molecule has 0 N–H and O–H groups in total. The van der Waals surface area contributed by atoms with E-state index in [9.17, 15) is 15.3 Å². The Kier molecular flexibility index (Phi) is 14.2. The maximum atomic E-state index is 10.1. The van der Waals surface area contributed by atoms with Gasteiger partial charge in [0.2, 0.25) is 0 Å². The molecule has 0 unspecified atom stereocenters. The van der Waals surface area contributed by atoms with Crippen molar-refractivity contribution in [2.75, 3.05) is 0 Å². The molecule has 0 aliphatic heterocycles. The fourth-order valence-electron chi connectivity index (χ4n) is 0.436. The molecule has 4 heteroatoms. The summed E-state index contributed by atoms with van der Waals surface area (Å²) in [6, 6.07) is 0. The Labute approximate surface area is 141 Å². The number of hydrogen-bond acceptors (Lipinski definition) is 3. The van der Waals surface area contributed by atoms with Gasteiger partial charge < -0.3 is 15.3 Å². The second kappa shape index (κ2) is 11.5. The summed E-state index contributed by atoms with van der Waals surface area (Å²) in [5.74, 6) is 0. The molecule has 1 rings (SSSR count). The van der Waals surface area contributed by atoms with Gasteiger partial charge >= 0.3 is 46.4 Å². The summed E-state index contributed by atoms with van der Waals surface area (Å²) in [5.41, 5.74) is -2.25. The van der Waals surface area contributed by atoms with Gasteiger partial charge in [0.25, 0.3) is 0 Å². The molecule has 0 amide bonds. The first-order chi connectivity index (χ1) is 8.89. The van der Waals surface area contributed by atoms with Gasteiger partial charge in [-0.05, 0) is 0 Å². The first-order valence-corrected chi connectivity index (χ1v) is 7.75. The second-order valence-electron chi connectivity index (χ2n) is 7.63. The van der Waals surface area contributed by atoms with E-state index in [1.165, 1.54) is 4.28 Å². The van der Waals surface area contributed by atoms with Crippen LogP contribution in [-0.4, -0.2) is 16.8 Å². The molecule has 0 radical (unpaired) electrons. The van der Waals surface area contributed by atoms with Crippen LogP contribution in [0.15, 0.2) is 22.5 Å². The van der Waals surface area contributed by atoms with Gasteiger partial charge in [-0.3, -0.25) is 0 Å². The average Bonchev–Trinajstić information content (AvgIpc) is 2.44. The van der Waals surface area contributed by atoms with Crippen molar-refractivity contribution < 1.29 is 32.7 Å². The number of allylic oxidation sites excluding steroid dienone is 4. The van der Waals surface area contributed by atoms with Gasteiger partial charge in [0, 0.05) is 0 Å². The molecule has 0 saturated carbocycles. The number of hydrogen-bond donors (Lipinski definition) is 0. The molecular weight excluding hydrogens is 303 g/mol. The predicted octanol–water partition coefficient (Wildman–Crippen LogP) is 1.81. The fourth-order valence-corrected chi connectivity index (χ4v) is 0.735. The van der Waals surface area contributed by atoms with E-state index in [-0.39, 0.29) is 0 Å². The van der Waals surface area contributed by atoms with Crippen molar-refractivity contribution in [3.8, 4) is 0 Å². The van der Waals surface area contributed by atoms with E-state index < -0.39 is 16.8 Å². The Morgan fingerprint density at radius 3 is 1.05 bits per heavy atom. The standard InChI is InChI=1S/C5H5.3C4H9O.V/c1-2-4-5-3-1;3*1-4(2,3)5;/h1-3H,4H2;3*1-3H3;/q;3*-1;+3. The van der Waals surface area contributed by atoms with Crippen molar-refractivity contribution in [2.24, 2.45) is 0 Å². The molecule has 0 aromatic heterocycles. The SMILES string of the molecule is CC(C)(C)[O-].CC(C)(C)[O-].CC(C)(C)[O-].[V+3][C]1=CC=CC1. The Morgan fingerprint density at radius 2 is 1.00 bits per heavy atom. The molecule has 0 bridgehead atoms. The van der Waals surface area contributed by atoms with Gasteiger partial charge in [-0.1, -0.05) is 62.3 Å². The third-order valence-corrected chi connectivity index (χ3v) is 1.27. The first-order valence-electron chi connectivity index (χ1n) is 7.05. The molecule has 0 fully saturated rings. The second-order valence-corrected chi connectivity index (χ2v) is 8.52. The summed E-state index contributed by atoms with van der Waals surface area (Å²) in [6.45, 7) is 14.7. The summed E-state index contributed by atoms with van der Waals surface area (Å²) in [5, 5.41) is 30.3. The first kappa shape index (κ1) is 25.9. The van der Waals surface area contributed by atoms with E-state index in [2.05, 4.69) is 35.7 Å². The van der Waals surface area contributed by atoms with Crippen LogP contribution in [0.3, 0.4) is 0 Å². The number of rotatable bonds is 0. The molecule has 1 aliphatic rings. The van der Waals surface area contributed by atoms with Crippen molar-refractivity contribution in [2.45, 2.75) is 85.5 Å². The van der Waals surface area contributed by atoms with Crippen LogP contribution in [0, 0.1) is 0 Å². The van der Waals surface area contributed by atoms with Gasteiger partial charge in [-0.2, -0.15) is 0 Å². The van der Waals surface area contributed by atoms with Crippen molar-refractivity contribution in [3.63, 3.8) is 0 Å². The molecule has 0 aromatic carbocycles. The van der Waals surface area contributed by atoms with Crippen LogP contribution < -0.4 is 15.3 Å². The van der Waals surface area contributed by atoms with Crippen molar-refractivity contribution >= 4 is 0 Å². The molecule has 0 saturated heterocycles. The molecule has 21 heavy (non-hydrogen) atoms. The molecule has 0 atom stereocenters. The molecular formula is C17H32O3V. The van der Waals surface area contributed by atoms with Crippen LogP contribution in [0.2, 0.25) is 0 Å². The zero-order valence-electron chi connectivity index (χ0n) is 15.1. The van der Waals surface area contributed by atoms with E-state index in [1.54, 1.807) is 62.3 Å². The Balaban J connectivity index is -0.000000207. The van der Waals surface area contributed by atoms with Crippen LogP contribution in [0.5, 0.6) is 0 Å². The van der Waals surface area contributed by atoms with Gasteiger partial charge in [-0.15, -0.1) is 16.8 Å². The van der Waals surface area contributed by atoms with Crippen molar-refractivity contribution in [1.82, 2.24) is 0 Å². The third kappa shape index (κ3) is 133. The van der Waals surface area contributed by atoms with Gasteiger partial charge in [0.05, 0.1) is 0 Å². The summed E-state index contributed by atoms with van der Waals surface area (Å²) < 4.78 is 1.41.